The van der Waals surface area contributed by atoms with Crippen LogP contribution in [0.2, 0.25) is 0 Å². The molecule has 0 radical (unpaired) electrons. The zero-order valence-corrected chi connectivity index (χ0v) is 38.0. The molecule has 0 aliphatic carbocycles. The summed E-state index contributed by atoms with van der Waals surface area (Å²) in [5.41, 5.74) is 0. The second-order valence-electron chi connectivity index (χ2n) is 16.0. The van der Waals surface area contributed by atoms with Crippen LogP contribution in [0.25, 0.3) is 0 Å². The Labute approximate surface area is 358 Å². The van der Waals surface area contributed by atoms with E-state index in [2.05, 4.69) is 81.5 Å². The summed E-state index contributed by atoms with van der Waals surface area (Å²) in [6.45, 7) is 6.45. The highest BCUT2D eigenvalue weighted by atomic mass is 16.6. The summed E-state index contributed by atoms with van der Waals surface area (Å²) >= 11 is 0. The number of ether oxygens (including phenoxy) is 3. The average Bonchev–Trinajstić information content (AvgIpc) is 3.22. The Kier molecular flexibility index (Phi) is 44.5. The molecule has 1 atom stereocenters. The van der Waals surface area contributed by atoms with Crippen LogP contribution in [-0.4, -0.2) is 37.2 Å². The third-order valence-electron chi connectivity index (χ3n) is 10.3. The maximum Gasteiger partial charge on any atom is 0.306 e. The van der Waals surface area contributed by atoms with Gasteiger partial charge in [0.25, 0.3) is 0 Å². The Hall–Kier alpha value is -2.89. The van der Waals surface area contributed by atoms with Crippen LogP contribution in [0.4, 0.5) is 0 Å². The van der Waals surface area contributed by atoms with Crippen LogP contribution in [0, 0.1) is 0 Å². The zero-order valence-electron chi connectivity index (χ0n) is 38.0. The molecule has 0 rings (SSSR count). The van der Waals surface area contributed by atoms with E-state index in [1.54, 1.807) is 0 Å². The molecule has 0 unspecified atom stereocenters. The van der Waals surface area contributed by atoms with Gasteiger partial charge in [0.2, 0.25) is 0 Å². The number of carbonyl (C=O) groups excluding carboxylic acids is 3. The van der Waals surface area contributed by atoms with E-state index in [4.69, 9.17) is 14.2 Å². The molecule has 0 bridgehead atoms. The highest BCUT2D eigenvalue weighted by molar-refractivity contribution is 5.71. The van der Waals surface area contributed by atoms with Crippen molar-refractivity contribution in [1.82, 2.24) is 0 Å². The monoisotopic (exact) mass is 811 g/mol. The van der Waals surface area contributed by atoms with E-state index in [1.807, 2.05) is 0 Å². The van der Waals surface area contributed by atoms with Crippen molar-refractivity contribution in [3.05, 3.63) is 60.8 Å². The minimum Gasteiger partial charge on any atom is -0.462 e. The number of unbranched alkanes of at least 4 members (excludes halogenated alkanes) is 22. The molecule has 58 heavy (non-hydrogen) atoms. The van der Waals surface area contributed by atoms with Crippen LogP contribution in [0.1, 0.15) is 233 Å². The van der Waals surface area contributed by atoms with E-state index in [1.165, 1.54) is 103 Å². The molecule has 0 aromatic rings. The van der Waals surface area contributed by atoms with Crippen molar-refractivity contribution >= 4 is 17.9 Å². The Morgan fingerprint density at radius 2 is 0.672 bits per heavy atom. The minimum atomic E-state index is -0.795. The van der Waals surface area contributed by atoms with Gasteiger partial charge < -0.3 is 14.2 Å². The quantitative estimate of drug-likeness (QED) is 0.0264. The molecule has 0 amide bonds. The average molecular weight is 811 g/mol. The molecule has 0 aromatic carbocycles. The lowest BCUT2D eigenvalue weighted by molar-refractivity contribution is -0.167. The molecular weight excluding hydrogens is 721 g/mol. The molecule has 6 nitrogen and oxygen atoms in total. The number of hydrogen-bond acceptors (Lipinski definition) is 6. The van der Waals surface area contributed by atoms with Gasteiger partial charge in [-0.3, -0.25) is 14.4 Å². The van der Waals surface area contributed by atoms with E-state index in [-0.39, 0.29) is 37.5 Å². The van der Waals surface area contributed by atoms with Crippen molar-refractivity contribution < 1.29 is 28.6 Å². The molecule has 0 aromatic heterocycles. The molecule has 0 heterocycles. The number of esters is 3. The van der Waals surface area contributed by atoms with Gasteiger partial charge in [0.05, 0.1) is 0 Å². The first kappa shape index (κ1) is 55.1. The normalized spacial score (nSPS) is 12.5. The van der Waals surface area contributed by atoms with Gasteiger partial charge in [0.1, 0.15) is 13.2 Å². The van der Waals surface area contributed by atoms with Gasteiger partial charge in [0, 0.05) is 19.3 Å². The van der Waals surface area contributed by atoms with Gasteiger partial charge in [0.15, 0.2) is 6.10 Å². The second kappa shape index (κ2) is 46.8. The van der Waals surface area contributed by atoms with E-state index < -0.39 is 6.10 Å². The molecule has 6 heteroatoms. The van der Waals surface area contributed by atoms with Gasteiger partial charge in [-0.05, 0) is 83.5 Å². The van der Waals surface area contributed by atoms with Gasteiger partial charge in [-0.1, -0.05) is 191 Å². The Morgan fingerprint density at radius 1 is 0.362 bits per heavy atom. The largest absolute Gasteiger partial charge is 0.462 e. The lowest BCUT2D eigenvalue weighted by Crippen LogP contribution is -2.30. The first-order valence-corrected chi connectivity index (χ1v) is 24.3. The summed E-state index contributed by atoms with van der Waals surface area (Å²) in [5, 5.41) is 0. The standard InChI is InChI=1S/C52H90O6/c1-4-7-10-13-16-19-21-23-25-27-28-30-33-36-39-42-45-51(54)57-48-49(47-56-50(53)44-41-38-35-32-18-15-12-9-6-3)58-52(55)46-43-40-37-34-31-29-26-24-22-20-17-14-11-8-5-2/h8,11,17,20,24-27,31,34,49H,4-7,9-10,12-16,18-19,21-23,28-30,32-33,35-48H2,1-3H3/b11-8-,20-17-,26-24-,27-25-,34-31-/t49-/m1/s1. The molecule has 0 N–H and O–H groups in total. The van der Waals surface area contributed by atoms with E-state index in [0.717, 1.165) is 83.5 Å². The number of carbonyl (C=O) groups is 3. The topological polar surface area (TPSA) is 78.9 Å². The van der Waals surface area contributed by atoms with Crippen LogP contribution < -0.4 is 0 Å². The van der Waals surface area contributed by atoms with Crippen LogP contribution >= 0.6 is 0 Å². The highest BCUT2D eigenvalue weighted by Crippen LogP contribution is 2.14. The number of hydrogen-bond donors (Lipinski definition) is 0. The summed E-state index contributed by atoms with van der Waals surface area (Å²) in [6.07, 6.45) is 56.4. The summed E-state index contributed by atoms with van der Waals surface area (Å²) in [5.74, 6) is -0.945. The lowest BCUT2D eigenvalue weighted by atomic mass is 10.1. The molecule has 334 valence electrons. The van der Waals surface area contributed by atoms with Crippen molar-refractivity contribution in [2.24, 2.45) is 0 Å². The van der Waals surface area contributed by atoms with Crippen molar-refractivity contribution in [3.8, 4) is 0 Å². The molecule has 0 aliphatic heterocycles. The third-order valence-corrected chi connectivity index (χ3v) is 10.3. The highest BCUT2D eigenvalue weighted by Gasteiger charge is 2.19. The summed E-state index contributed by atoms with van der Waals surface area (Å²) in [6, 6.07) is 0. The van der Waals surface area contributed by atoms with Crippen LogP contribution in [0.5, 0.6) is 0 Å². The van der Waals surface area contributed by atoms with Crippen LogP contribution in [0.3, 0.4) is 0 Å². The fourth-order valence-corrected chi connectivity index (χ4v) is 6.60. The molecule has 0 saturated heterocycles. The third kappa shape index (κ3) is 44.2. The maximum absolute atomic E-state index is 12.7. The molecule has 0 aliphatic rings. The van der Waals surface area contributed by atoms with Crippen molar-refractivity contribution in [2.45, 2.75) is 239 Å². The molecule has 0 spiro atoms. The van der Waals surface area contributed by atoms with Crippen molar-refractivity contribution in [1.29, 1.82) is 0 Å². The fourth-order valence-electron chi connectivity index (χ4n) is 6.60. The summed E-state index contributed by atoms with van der Waals surface area (Å²) in [4.78, 5) is 37.8. The Morgan fingerprint density at radius 3 is 1.10 bits per heavy atom. The zero-order chi connectivity index (χ0) is 42.3. The predicted octanol–water partition coefficient (Wildman–Crippen LogP) is 15.7. The minimum absolute atomic E-state index is 0.0925. The van der Waals surface area contributed by atoms with Crippen molar-refractivity contribution in [3.63, 3.8) is 0 Å². The van der Waals surface area contributed by atoms with E-state index in [9.17, 15) is 14.4 Å². The summed E-state index contributed by atoms with van der Waals surface area (Å²) < 4.78 is 16.7. The van der Waals surface area contributed by atoms with Gasteiger partial charge >= 0.3 is 17.9 Å². The maximum atomic E-state index is 12.7. The Bertz CT molecular complexity index is 1070. The van der Waals surface area contributed by atoms with Gasteiger partial charge in [-0.15, -0.1) is 0 Å². The molecule has 0 saturated carbocycles. The predicted molar refractivity (Wildman–Crippen MR) is 247 cm³/mol. The second-order valence-corrected chi connectivity index (χ2v) is 16.0. The fraction of sp³-hybridized carbons (Fsp3) is 0.750. The first-order valence-electron chi connectivity index (χ1n) is 24.3. The van der Waals surface area contributed by atoms with E-state index in [0.29, 0.717) is 19.3 Å². The molecule has 0 fully saturated rings. The number of rotatable bonds is 43. The lowest BCUT2D eigenvalue weighted by Gasteiger charge is -2.18. The SMILES string of the molecule is CC/C=C\C/C=C\C/C=C\C/C=C\CCCCC(=O)O[C@@H](COC(=O)CCCCCCC/C=C\CCCCCCCCC)COC(=O)CCCCCCCCCCC. The Balaban J connectivity index is 4.42. The van der Waals surface area contributed by atoms with Gasteiger partial charge in [-0.2, -0.15) is 0 Å². The first-order chi connectivity index (χ1) is 28.5. The summed E-state index contributed by atoms with van der Waals surface area (Å²) in [7, 11) is 0. The van der Waals surface area contributed by atoms with Crippen LogP contribution in [0.15, 0.2) is 60.8 Å². The smallest absolute Gasteiger partial charge is 0.306 e. The van der Waals surface area contributed by atoms with Crippen molar-refractivity contribution in [2.75, 3.05) is 13.2 Å². The van der Waals surface area contributed by atoms with E-state index >= 15 is 0 Å². The molecular formula is C52H90O6. The van der Waals surface area contributed by atoms with Gasteiger partial charge in [-0.25, -0.2) is 0 Å². The van der Waals surface area contributed by atoms with Crippen LogP contribution in [-0.2, 0) is 28.6 Å². The number of allylic oxidation sites excluding steroid dienone is 10.